The Labute approximate surface area is 115 Å². The summed E-state index contributed by atoms with van der Waals surface area (Å²) in [7, 11) is 0. The summed E-state index contributed by atoms with van der Waals surface area (Å²) in [5.74, 6) is 1.60. The standard InChI is InChI=1S/C13H17BrN4/c1-2-17-7-3-5-10(9-17)12-15-16-13-11(14)6-4-8-18(12)13/h4,6,8,10H,2-3,5,7,9H2,1H3. The number of hydrogen-bond acceptors (Lipinski definition) is 3. The zero-order chi connectivity index (χ0) is 12.5. The van der Waals surface area contributed by atoms with Gasteiger partial charge in [0.05, 0.1) is 4.47 Å². The quantitative estimate of drug-likeness (QED) is 0.855. The van der Waals surface area contributed by atoms with Gasteiger partial charge in [-0.2, -0.15) is 0 Å². The van der Waals surface area contributed by atoms with Crippen LogP contribution < -0.4 is 0 Å². The third-order valence-corrected chi connectivity index (χ3v) is 4.35. The van der Waals surface area contributed by atoms with Gasteiger partial charge in [-0.25, -0.2) is 0 Å². The van der Waals surface area contributed by atoms with Crippen LogP contribution >= 0.6 is 15.9 Å². The minimum Gasteiger partial charge on any atom is -0.303 e. The second-order valence-corrected chi connectivity index (χ2v) is 5.69. The van der Waals surface area contributed by atoms with E-state index in [4.69, 9.17) is 0 Å². The lowest BCUT2D eigenvalue weighted by molar-refractivity contribution is 0.213. The van der Waals surface area contributed by atoms with Crippen molar-refractivity contribution in [2.45, 2.75) is 25.7 Å². The van der Waals surface area contributed by atoms with Crippen LogP contribution in [-0.4, -0.2) is 39.1 Å². The van der Waals surface area contributed by atoms with Crippen LogP contribution in [0.1, 0.15) is 31.5 Å². The van der Waals surface area contributed by atoms with Gasteiger partial charge in [0.2, 0.25) is 0 Å². The van der Waals surface area contributed by atoms with Gasteiger partial charge in [-0.3, -0.25) is 4.40 Å². The highest BCUT2D eigenvalue weighted by Crippen LogP contribution is 2.27. The average Bonchev–Trinajstić information content (AvgIpc) is 2.84. The molecule has 4 nitrogen and oxygen atoms in total. The summed E-state index contributed by atoms with van der Waals surface area (Å²) in [4.78, 5) is 2.49. The molecule has 3 heterocycles. The Balaban J connectivity index is 1.96. The first-order chi connectivity index (χ1) is 8.79. The van der Waals surface area contributed by atoms with E-state index in [1.165, 1.54) is 19.4 Å². The van der Waals surface area contributed by atoms with Crippen molar-refractivity contribution in [3.63, 3.8) is 0 Å². The highest BCUT2D eigenvalue weighted by molar-refractivity contribution is 9.10. The minimum absolute atomic E-state index is 0.503. The van der Waals surface area contributed by atoms with E-state index in [1.54, 1.807) is 0 Å². The number of aromatic nitrogens is 3. The van der Waals surface area contributed by atoms with Crippen LogP contribution in [0.15, 0.2) is 22.8 Å². The molecule has 3 rings (SSSR count). The van der Waals surface area contributed by atoms with Crippen LogP contribution in [0.25, 0.3) is 5.65 Å². The summed E-state index contributed by atoms with van der Waals surface area (Å²) in [5, 5.41) is 8.70. The Morgan fingerprint density at radius 3 is 3.17 bits per heavy atom. The Hall–Kier alpha value is -0.940. The molecule has 0 amide bonds. The molecule has 0 saturated carbocycles. The van der Waals surface area contributed by atoms with Gasteiger partial charge in [0, 0.05) is 18.7 Å². The molecule has 0 radical (unpaired) electrons. The summed E-state index contributed by atoms with van der Waals surface area (Å²) in [6.07, 6.45) is 4.52. The predicted octanol–water partition coefficient (Wildman–Crippen LogP) is 2.69. The minimum atomic E-state index is 0.503. The molecule has 0 bridgehead atoms. The molecule has 0 N–H and O–H groups in total. The molecule has 2 aromatic heterocycles. The summed E-state index contributed by atoms with van der Waals surface area (Å²) in [6, 6.07) is 4.04. The number of pyridine rings is 1. The Kier molecular flexibility index (Phi) is 3.35. The highest BCUT2D eigenvalue weighted by atomic mass is 79.9. The fourth-order valence-corrected chi connectivity index (χ4v) is 3.16. The van der Waals surface area contributed by atoms with Crippen LogP contribution in [0.4, 0.5) is 0 Å². The molecule has 1 aliphatic heterocycles. The number of fused-ring (bicyclic) bond motifs is 1. The summed E-state index contributed by atoms with van der Waals surface area (Å²) >= 11 is 3.53. The second-order valence-electron chi connectivity index (χ2n) is 4.84. The van der Waals surface area contributed by atoms with E-state index in [-0.39, 0.29) is 0 Å². The SMILES string of the molecule is CCN1CCCC(c2nnc3c(Br)cccn23)C1. The molecule has 2 aromatic rings. The first-order valence-electron chi connectivity index (χ1n) is 6.51. The van der Waals surface area contributed by atoms with Crippen LogP contribution in [0.2, 0.25) is 0 Å². The summed E-state index contributed by atoms with van der Waals surface area (Å²) in [6.45, 7) is 5.66. The number of nitrogens with zero attached hydrogens (tertiary/aromatic N) is 4. The van der Waals surface area contributed by atoms with Crippen molar-refractivity contribution < 1.29 is 0 Å². The lowest BCUT2D eigenvalue weighted by atomic mass is 9.97. The van der Waals surface area contributed by atoms with Crippen molar-refractivity contribution in [2.24, 2.45) is 0 Å². The molecule has 18 heavy (non-hydrogen) atoms. The third kappa shape index (κ3) is 2.06. The molecular formula is C13H17BrN4. The number of halogens is 1. The predicted molar refractivity (Wildman–Crippen MR) is 74.8 cm³/mol. The molecule has 1 unspecified atom stereocenters. The summed E-state index contributed by atoms with van der Waals surface area (Å²) in [5.41, 5.74) is 0.918. The smallest absolute Gasteiger partial charge is 0.175 e. The highest BCUT2D eigenvalue weighted by Gasteiger charge is 2.24. The maximum absolute atomic E-state index is 4.40. The van der Waals surface area contributed by atoms with E-state index in [0.717, 1.165) is 29.0 Å². The first-order valence-corrected chi connectivity index (χ1v) is 7.30. The lowest BCUT2D eigenvalue weighted by Crippen LogP contribution is -2.34. The van der Waals surface area contributed by atoms with Gasteiger partial charge in [-0.1, -0.05) is 6.92 Å². The Morgan fingerprint density at radius 1 is 1.44 bits per heavy atom. The zero-order valence-corrected chi connectivity index (χ0v) is 12.1. The molecule has 1 atom stereocenters. The van der Waals surface area contributed by atoms with Crippen molar-refractivity contribution in [3.05, 3.63) is 28.6 Å². The van der Waals surface area contributed by atoms with E-state index in [0.29, 0.717) is 5.92 Å². The first kappa shape index (κ1) is 12.1. The Bertz CT molecular complexity index is 551. The van der Waals surface area contributed by atoms with Gasteiger partial charge in [0.1, 0.15) is 5.82 Å². The van der Waals surface area contributed by atoms with E-state index in [1.807, 2.05) is 12.1 Å². The van der Waals surface area contributed by atoms with Crippen LogP contribution in [0, 0.1) is 0 Å². The van der Waals surface area contributed by atoms with Gasteiger partial charge >= 0.3 is 0 Å². The summed E-state index contributed by atoms with van der Waals surface area (Å²) < 4.78 is 3.13. The fourth-order valence-electron chi connectivity index (χ4n) is 2.73. The molecule has 0 aromatic carbocycles. The van der Waals surface area contributed by atoms with Crippen LogP contribution in [0.3, 0.4) is 0 Å². The van der Waals surface area contributed by atoms with E-state index >= 15 is 0 Å². The van der Waals surface area contributed by atoms with Crippen molar-refractivity contribution in [2.75, 3.05) is 19.6 Å². The Morgan fingerprint density at radius 2 is 2.33 bits per heavy atom. The van der Waals surface area contributed by atoms with Crippen molar-refractivity contribution in [1.82, 2.24) is 19.5 Å². The van der Waals surface area contributed by atoms with Crippen molar-refractivity contribution in [3.8, 4) is 0 Å². The molecule has 1 aliphatic rings. The largest absolute Gasteiger partial charge is 0.303 e. The second kappa shape index (κ2) is 4.97. The average molecular weight is 309 g/mol. The maximum atomic E-state index is 4.40. The molecule has 1 saturated heterocycles. The normalized spacial score (nSPS) is 21.6. The number of likely N-dealkylation sites (N-methyl/N-ethyl adjacent to an activating group) is 1. The van der Waals surface area contributed by atoms with Crippen LogP contribution in [-0.2, 0) is 0 Å². The van der Waals surface area contributed by atoms with Gasteiger partial charge in [0.15, 0.2) is 5.65 Å². The molecule has 0 aliphatic carbocycles. The monoisotopic (exact) mass is 308 g/mol. The number of likely N-dealkylation sites (tertiary alicyclic amines) is 1. The van der Waals surface area contributed by atoms with Gasteiger partial charge in [0.25, 0.3) is 0 Å². The van der Waals surface area contributed by atoms with E-state index < -0.39 is 0 Å². The van der Waals surface area contributed by atoms with E-state index in [2.05, 4.69) is 48.5 Å². The fraction of sp³-hybridized carbons (Fsp3) is 0.538. The van der Waals surface area contributed by atoms with Crippen molar-refractivity contribution in [1.29, 1.82) is 0 Å². The zero-order valence-electron chi connectivity index (χ0n) is 10.5. The third-order valence-electron chi connectivity index (χ3n) is 3.73. The number of rotatable bonds is 2. The molecule has 0 spiro atoms. The maximum Gasteiger partial charge on any atom is 0.175 e. The van der Waals surface area contributed by atoms with Gasteiger partial charge in [-0.05, 0) is 54.0 Å². The topological polar surface area (TPSA) is 33.4 Å². The molecule has 96 valence electrons. The van der Waals surface area contributed by atoms with Crippen molar-refractivity contribution >= 4 is 21.6 Å². The number of piperidine rings is 1. The number of hydrogen-bond donors (Lipinski definition) is 0. The van der Waals surface area contributed by atoms with Gasteiger partial charge in [-0.15, -0.1) is 10.2 Å². The molecule has 5 heteroatoms. The lowest BCUT2D eigenvalue weighted by Gasteiger charge is -2.30. The molecular weight excluding hydrogens is 292 g/mol. The van der Waals surface area contributed by atoms with E-state index in [9.17, 15) is 0 Å². The molecule has 1 fully saturated rings. The van der Waals surface area contributed by atoms with Gasteiger partial charge < -0.3 is 4.90 Å². The van der Waals surface area contributed by atoms with Crippen LogP contribution in [0.5, 0.6) is 0 Å².